The predicted octanol–water partition coefficient (Wildman–Crippen LogP) is -0.992. The molecule has 2 aliphatic heterocycles. The normalized spacial score (nSPS) is 28.4. The maximum absolute atomic E-state index is 11.3. The van der Waals surface area contributed by atoms with Crippen molar-refractivity contribution in [1.29, 1.82) is 0 Å². The molecule has 2 atom stereocenters. The summed E-state index contributed by atoms with van der Waals surface area (Å²) in [6, 6.07) is 1.31. The minimum absolute atomic E-state index is 0.183. The van der Waals surface area contributed by atoms with Gasteiger partial charge in [0.05, 0.1) is 0 Å². The molecule has 2 unspecified atom stereocenters. The fraction of sp³-hybridized carbons (Fsp3) is 0.600. The van der Waals surface area contributed by atoms with E-state index in [0.29, 0.717) is 17.8 Å². The monoisotopic (exact) mass is 221 g/mol. The lowest BCUT2D eigenvalue weighted by atomic mass is 10.0. The summed E-state index contributed by atoms with van der Waals surface area (Å²) in [5.41, 5.74) is 5.39. The number of aromatic nitrogens is 2. The van der Waals surface area contributed by atoms with E-state index in [1.165, 1.54) is 6.07 Å². The Balaban J connectivity index is 1.86. The van der Waals surface area contributed by atoms with Crippen LogP contribution in [0.1, 0.15) is 0 Å². The van der Waals surface area contributed by atoms with Gasteiger partial charge in [-0.1, -0.05) is 0 Å². The summed E-state index contributed by atoms with van der Waals surface area (Å²) in [7, 11) is 0. The zero-order valence-corrected chi connectivity index (χ0v) is 8.94. The number of nitrogens with zero attached hydrogens (tertiary/aromatic N) is 2. The van der Waals surface area contributed by atoms with Crippen molar-refractivity contribution in [2.24, 2.45) is 11.8 Å². The summed E-state index contributed by atoms with van der Waals surface area (Å²) in [6.07, 6.45) is 0. The Labute approximate surface area is 92.9 Å². The van der Waals surface area contributed by atoms with E-state index in [1.54, 1.807) is 0 Å². The fourth-order valence-electron chi connectivity index (χ4n) is 2.64. The third-order valence-electron chi connectivity index (χ3n) is 3.44. The highest BCUT2D eigenvalue weighted by Gasteiger charge is 2.36. The van der Waals surface area contributed by atoms with Crippen LogP contribution in [-0.2, 0) is 0 Å². The molecule has 0 saturated carbocycles. The molecule has 4 N–H and O–H groups in total. The Morgan fingerprint density at radius 1 is 1.38 bits per heavy atom. The van der Waals surface area contributed by atoms with Crippen LogP contribution < -0.4 is 21.5 Å². The Morgan fingerprint density at radius 2 is 2.06 bits per heavy atom. The van der Waals surface area contributed by atoms with Crippen molar-refractivity contribution >= 4 is 11.8 Å². The summed E-state index contributed by atoms with van der Waals surface area (Å²) >= 11 is 0. The molecule has 2 aliphatic rings. The maximum Gasteiger partial charge on any atom is 0.254 e. The molecule has 0 bridgehead atoms. The molecular formula is C10H15N5O. The van der Waals surface area contributed by atoms with Crippen LogP contribution in [-0.4, -0.2) is 36.1 Å². The van der Waals surface area contributed by atoms with Crippen LogP contribution in [0.2, 0.25) is 0 Å². The molecule has 0 amide bonds. The second kappa shape index (κ2) is 3.48. The second-order valence-corrected chi connectivity index (χ2v) is 4.58. The number of fused-ring (bicyclic) bond motifs is 1. The van der Waals surface area contributed by atoms with Crippen molar-refractivity contribution in [3.8, 4) is 0 Å². The maximum atomic E-state index is 11.3. The molecular weight excluding hydrogens is 206 g/mol. The average molecular weight is 221 g/mol. The molecule has 3 heterocycles. The van der Waals surface area contributed by atoms with E-state index in [9.17, 15) is 4.79 Å². The van der Waals surface area contributed by atoms with Gasteiger partial charge in [0.25, 0.3) is 5.56 Å². The molecule has 1 aromatic heterocycles. The molecule has 3 rings (SSSR count). The lowest BCUT2D eigenvalue weighted by Crippen LogP contribution is -2.28. The van der Waals surface area contributed by atoms with E-state index in [-0.39, 0.29) is 11.4 Å². The van der Waals surface area contributed by atoms with Gasteiger partial charge in [0.15, 0.2) is 0 Å². The molecule has 2 fully saturated rings. The third kappa shape index (κ3) is 1.55. The van der Waals surface area contributed by atoms with Crippen LogP contribution in [0, 0.1) is 11.8 Å². The molecule has 86 valence electrons. The van der Waals surface area contributed by atoms with Crippen LogP contribution >= 0.6 is 0 Å². The molecule has 0 radical (unpaired) electrons. The first-order valence-corrected chi connectivity index (χ1v) is 5.55. The van der Waals surface area contributed by atoms with Gasteiger partial charge in [-0.3, -0.25) is 9.78 Å². The van der Waals surface area contributed by atoms with Crippen LogP contribution in [0.15, 0.2) is 10.9 Å². The van der Waals surface area contributed by atoms with Gasteiger partial charge < -0.3 is 16.0 Å². The van der Waals surface area contributed by atoms with E-state index >= 15 is 0 Å². The highest BCUT2D eigenvalue weighted by atomic mass is 16.1. The first kappa shape index (κ1) is 9.65. The summed E-state index contributed by atoms with van der Waals surface area (Å²) < 4.78 is 0. The number of nitrogens with one attached hydrogen (secondary N) is 2. The van der Waals surface area contributed by atoms with Gasteiger partial charge in [-0.25, -0.2) is 0 Å². The number of nitrogen functional groups attached to an aromatic ring is 1. The smallest absolute Gasteiger partial charge is 0.254 e. The quantitative estimate of drug-likeness (QED) is 0.566. The summed E-state index contributed by atoms with van der Waals surface area (Å²) in [5.74, 6) is 2.24. The summed E-state index contributed by atoms with van der Waals surface area (Å²) in [5, 5.41) is 3.38. The molecule has 6 heteroatoms. The SMILES string of the molecule is Nc1cc(=O)[nH]c(N2CC3CNCC3C2)n1. The first-order valence-electron chi connectivity index (χ1n) is 5.55. The van der Waals surface area contributed by atoms with Crippen LogP contribution in [0.3, 0.4) is 0 Å². The third-order valence-corrected chi connectivity index (χ3v) is 3.44. The lowest BCUT2D eigenvalue weighted by molar-refractivity contribution is 0.533. The zero-order valence-electron chi connectivity index (χ0n) is 8.94. The van der Waals surface area contributed by atoms with Gasteiger partial charge >= 0.3 is 0 Å². The van der Waals surface area contributed by atoms with E-state index in [2.05, 4.69) is 20.2 Å². The fourth-order valence-corrected chi connectivity index (χ4v) is 2.64. The van der Waals surface area contributed by atoms with Crippen LogP contribution in [0.4, 0.5) is 11.8 Å². The Morgan fingerprint density at radius 3 is 2.69 bits per heavy atom. The summed E-state index contributed by atoms with van der Waals surface area (Å²) in [4.78, 5) is 20.3. The molecule has 2 saturated heterocycles. The molecule has 0 spiro atoms. The Kier molecular flexibility index (Phi) is 2.10. The van der Waals surface area contributed by atoms with Crippen molar-refractivity contribution in [2.45, 2.75) is 0 Å². The van der Waals surface area contributed by atoms with E-state index in [0.717, 1.165) is 26.2 Å². The Bertz CT molecular complexity index is 445. The predicted molar refractivity (Wildman–Crippen MR) is 61.3 cm³/mol. The number of anilines is 2. The topological polar surface area (TPSA) is 87.0 Å². The standard InChI is InChI=1S/C10H15N5O/c11-8-1-9(16)14-10(13-8)15-4-6-2-12-3-7(6)5-15/h1,6-7,12H,2-5H2,(H3,11,13,14,16). The lowest BCUT2D eigenvalue weighted by Gasteiger charge is -2.17. The van der Waals surface area contributed by atoms with Crippen molar-refractivity contribution in [3.05, 3.63) is 16.4 Å². The first-order chi connectivity index (χ1) is 7.72. The number of rotatable bonds is 1. The van der Waals surface area contributed by atoms with Gasteiger partial charge in [-0.15, -0.1) is 0 Å². The van der Waals surface area contributed by atoms with Gasteiger partial charge in [0.1, 0.15) is 5.82 Å². The largest absolute Gasteiger partial charge is 0.383 e. The van der Waals surface area contributed by atoms with Gasteiger partial charge in [0, 0.05) is 32.2 Å². The van der Waals surface area contributed by atoms with E-state index in [1.807, 2.05) is 0 Å². The number of H-pyrrole nitrogens is 1. The highest BCUT2D eigenvalue weighted by molar-refractivity contribution is 5.39. The van der Waals surface area contributed by atoms with Crippen molar-refractivity contribution in [2.75, 3.05) is 36.8 Å². The minimum Gasteiger partial charge on any atom is -0.383 e. The average Bonchev–Trinajstić information content (AvgIpc) is 2.74. The molecule has 16 heavy (non-hydrogen) atoms. The summed E-state index contributed by atoms with van der Waals surface area (Å²) in [6.45, 7) is 4.02. The molecule has 1 aromatic rings. The second-order valence-electron chi connectivity index (χ2n) is 4.58. The zero-order chi connectivity index (χ0) is 11.1. The van der Waals surface area contributed by atoms with Gasteiger partial charge in [0.2, 0.25) is 5.95 Å². The number of aromatic amines is 1. The van der Waals surface area contributed by atoms with E-state index < -0.39 is 0 Å². The van der Waals surface area contributed by atoms with E-state index in [4.69, 9.17) is 5.73 Å². The van der Waals surface area contributed by atoms with Gasteiger partial charge in [-0.2, -0.15) is 4.98 Å². The number of hydrogen-bond donors (Lipinski definition) is 3. The van der Waals surface area contributed by atoms with Crippen molar-refractivity contribution in [1.82, 2.24) is 15.3 Å². The van der Waals surface area contributed by atoms with Crippen molar-refractivity contribution < 1.29 is 0 Å². The van der Waals surface area contributed by atoms with Crippen LogP contribution in [0.5, 0.6) is 0 Å². The Hall–Kier alpha value is -1.56. The molecule has 0 aliphatic carbocycles. The van der Waals surface area contributed by atoms with Crippen molar-refractivity contribution in [3.63, 3.8) is 0 Å². The van der Waals surface area contributed by atoms with Crippen LogP contribution in [0.25, 0.3) is 0 Å². The highest BCUT2D eigenvalue weighted by Crippen LogP contribution is 2.28. The number of nitrogens with two attached hydrogens (primary N) is 1. The van der Waals surface area contributed by atoms with Gasteiger partial charge in [-0.05, 0) is 11.8 Å². The number of hydrogen-bond acceptors (Lipinski definition) is 5. The minimum atomic E-state index is -0.183. The molecule has 6 nitrogen and oxygen atoms in total. The molecule has 0 aromatic carbocycles.